The minimum atomic E-state index is -0.823. The molecule has 0 saturated carbocycles. The Labute approximate surface area is 74.6 Å². The molecule has 1 aliphatic heterocycles. The van der Waals surface area contributed by atoms with Gasteiger partial charge < -0.3 is 0 Å². The molecule has 1 unspecified atom stereocenters. The van der Waals surface area contributed by atoms with Crippen molar-refractivity contribution in [3.05, 3.63) is 23.8 Å². The summed E-state index contributed by atoms with van der Waals surface area (Å²) in [5.74, 6) is -0.0553. The predicted molar refractivity (Wildman–Crippen MR) is 35.3 cm³/mol. The van der Waals surface area contributed by atoms with Gasteiger partial charge in [-0.05, 0) is 0 Å². The molecule has 2 rings (SSSR count). The van der Waals surface area contributed by atoms with Gasteiger partial charge in [0.05, 0.1) is 0 Å². The summed E-state index contributed by atoms with van der Waals surface area (Å²) >= 11 is -0.823. The number of carbonyl (C=O) groups is 2. The van der Waals surface area contributed by atoms with Gasteiger partial charge in [-0.15, -0.1) is 0 Å². The van der Waals surface area contributed by atoms with Gasteiger partial charge in [-0.3, -0.25) is 0 Å². The number of allylic oxidation sites excluding steroid dienone is 4. The first-order chi connectivity index (χ1) is 5.29. The molecule has 0 spiro atoms. The van der Waals surface area contributed by atoms with Crippen molar-refractivity contribution < 1.29 is 30.8 Å². The van der Waals surface area contributed by atoms with Gasteiger partial charge in [-0.2, -0.15) is 0 Å². The summed E-state index contributed by atoms with van der Waals surface area (Å²) in [7, 11) is 0. The van der Waals surface area contributed by atoms with Gasteiger partial charge in [0.2, 0.25) is 0 Å². The Balaban J connectivity index is 2.42. The van der Waals surface area contributed by atoms with E-state index < -0.39 is 21.2 Å². The second-order valence-electron chi connectivity index (χ2n) is 2.51. The first-order valence-corrected chi connectivity index (χ1v) is 5.54. The molecule has 0 aromatic carbocycles. The van der Waals surface area contributed by atoms with E-state index in [1.807, 2.05) is 12.2 Å². The van der Waals surface area contributed by atoms with E-state index in [9.17, 15) is 9.59 Å². The molecule has 0 amide bonds. The molecule has 3 heteroatoms. The number of hydrogen-bond donors (Lipinski definition) is 0. The fourth-order valence-corrected chi connectivity index (χ4v) is 3.57. The summed E-state index contributed by atoms with van der Waals surface area (Å²) in [6.07, 6.45) is 6.36. The quantitative estimate of drug-likeness (QED) is 0.361. The number of fused-ring (bicyclic) bond motifs is 1. The van der Waals surface area contributed by atoms with E-state index in [0.29, 0.717) is 0 Å². The molecular weight excluding hydrogens is 255 g/mol. The molecular formula is C8H6IO2-. The van der Waals surface area contributed by atoms with Crippen LogP contribution in [0.5, 0.6) is 0 Å². The summed E-state index contributed by atoms with van der Waals surface area (Å²) in [6.45, 7) is 0. The molecule has 1 atom stereocenters. The van der Waals surface area contributed by atoms with Gasteiger partial charge in [-0.25, -0.2) is 0 Å². The van der Waals surface area contributed by atoms with Crippen molar-refractivity contribution in [1.29, 1.82) is 0 Å². The predicted octanol–water partition coefficient (Wildman–Crippen LogP) is -2.36. The second kappa shape index (κ2) is 2.55. The van der Waals surface area contributed by atoms with Gasteiger partial charge in [0.1, 0.15) is 0 Å². The first-order valence-electron chi connectivity index (χ1n) is 3.39. The third kappa shape index (κ3) is 1.07. The maximum absolute atomic E-state index is 11.2. The van der Waals surface area contributed by atoms with E-state index in [1.165, 1.54) is 0 Å². The number of carbonyl (C=O) groups excluding carboxylic acids is 2. The molecule has 0 bridgehead atoms. The maximum atomic E-state index is 11.2. The van der Waals surface area contributed by atoms with Crippen LogP contribution >= 0.6 is 0 Å². The molecule has 58 valence electrons. The molecule has 0 aromatic heterocycles. The zero-order valence-electron chi connectivity index (χ0n) is 5.71. The average Bonchev–Trinajstić information content (AvgIpc) is 2.30. The summed E-state index contributed by atoms with van der Waals surface area (Å²) in [5, 5.41) is 0. The normalized spacial score (nSPS) is 29.5. The molecule has 1 heterocycles. The Morgan fingerprint density at radius 3 is 3.00 bits per heavy atom. The fourth-order valence-electron chi connectivity index (χ4n) is 1.25. The van der Waals surface area contributed by atoms with Crippen LogP contribution < -0.4 is 21.2 Å². The van der Waals surface area contributed by atoms with Gasteiger partial charge in [0, 0.05) is 0 Å². The van der Waals surface area contributed by atoms with Crippen molar-refractivity contribution >= 4 is 7.58 Å². The van der Waals surface area contributed by atoms with Crippen molar-refractivity contribution in [3.63, 3.8) is 0 Å². The van der Waals surface area contributed by atoms with Crippen LogP contribution in [-0.4, -0.2) is 7.58 Å². The van der Waals surface area contributed by atoms with Crippen LogP contribution in [0, 0.1) is 5.92 Å². The monoisotopic (exact) mass is 261 g/mol. The number of halogens is 1. The molecule has 0 N–H and O–H groups in total. The van der Waals surface area contributed by atoms with E-state index in [-0.39, 0.29) is 13.5 Å². The Morgan fingerprint density at radius 1 is 1.45 bits per heavy atom. The van der Waals surface area contributed by atoms with Crippen LogP contribution in [0.3, 0.4) is 0 Å². The number of hydrogen-bond acceptors (Lipinski definition) is 2. The summed E-state index contributed by atoms with van der Waals surface area (Å²) in [5.41, 5.74) is 0.769. The van der Waals surface area contributed by atoms with E-state index >= 15 is 0 Å². The van der Waals surface area contributed by atoms with E-state index in [0.717, 1.165) is 12.0 Å². The Morgan fingerprint density at radius 2 is 2.27 bits per heavy atom. The molecule has 1 aliphatic carbocycles. The fraction of sp³-hybridized carbons (Fsp3) is 0.250. The van der Waals surface area contributed by atoms with Gasteiger partial charge in [0.25, 0.3) is 0 Å². The molecule has 1 saturated heterocycles. The van der Waals surface area contributed by atoms with Crippen molar-refractivity contribution in [2.75, 3.05) is 0 Å². The van der Waals surface area contributed by atoms with Crippen LogP contribution in [0.25, 0.3) is 0 Å². The topological polar surface area (TPSA) is 34.1 Å². The summed E-state index contributed by atoms with van der Waals surface area (Å²) in [4.78, 5) is 22.3. The number of rotatable bonds is 0. The first kappa shape index (κ1) is 7.21. The molecule has 0 radical (unpaired) electrons. The van der Waals surface area contributed by atoms with Crippen LogP contribution in [0.2, 0.25) is 0 Å². The van der Waals surface area contributed by atoms with Crippen LogP contribution in [0.4, 0.5) is 0 Å². The van der Waals surface area contributed by atoms with Crippen molar-refractivity contribution in [2.45, 2.75) is 6.42 Å². The van der Waals surface area contributed by atoms with Crippen LogP contribution in [0.1, 0.15) is 6.42 Å². The van der Waals surface area contributed by atoms with Gasteiger partial charge in [-0.1, -0.05) is 0 Å². The minimum absolute atomic E-state index is 0.0553. The molecule has 2 aliphatic rings. The molecule has 0 aromatic rings. The zero-order valence-corrected chi connectivity index (χ0v) is 7.87. The molecule has 2 nitrogen and oxygen atoms in total. The van der Waals surface area contributed by atoms with Gasteiger partial charge >= 0.3 is 74.5 Å². The Hall–Kier alpha value is -0.450. The summed E-state index contributed by atoms with van der Waals surface area (Å²) in [6, 6.07) is 0. The van der Waals surface area contributed by atoms with Gasteiger partial charge in [0.15, 0.2) is 0 Å². The SMILES string of the molecule is O=C1[I-]C(=O)C2CC=CC=C12. The Kier molecular flexibility index (Phi) is 1.67. The zero-order chi connectivity index (χ0) is 7.84. The van der Waals surface area contributed by atoms with Crippen LogP contribution in [-0.2, 0) is 9.59 Å². The standard InChI is InChI=1S/C8H6IO2/c10-7-5-3-1-2-4-6(5)8(11)9-7/h1-3,6H,4H2/q-1. The second-order valence-corrected chi connectivity index (χ2v) is 5.09. The van der Waals surface area contributed by atoms with E-state index in [2.05, 4.69) is 0 Å². The Bertz CT molecular complexity index is 288. The van der Waals surface area contributed by atoms with E-state index in [4.69, 9.17) is 0 Å². The van der Waals surface area contributed by atoms with Crippen molar-refractivity contribution in [3.8, 4) is 0 Å². The van der Waals surface area contributed by atoms with E-state index in [1.54, 1.807) is 6.08 Å². The average molecular weight is 261 g/mol. The molecule has 11 heavy (non-hydrogen) atoms. The molecule has 1 fully saturated rings. The van der Waals surface area contributed by atoms with Crippen LogP contribution in [0.15, 0.2) is 23.8 Å². The van der Waals surface area contributed by atoms with Crippen molar-refractivity contribution in [1.82, 2.24) is 0 Å². The van der Waals surface area contributed by atoms with Crippen molar-refractivity contribution in [2.24, 2.45) is 5.92 Å². The third-order valence-corrected chi connectivity index (χ3v) is 4.24. The third-order valence-electron chi connectivity index (χ3n) is 1.84. The summed E-state index contributed by atoms with van der Waals surface area (Å²) < 4.78 is 0.326.